The lowest BCUT2D eigenvalue weighted by atomic mass is 10.00. The molecule has 1 amide bonds. The van der Waals surface area contributed by atoms with Gasteiger partial charge in [0.2, 0.25) is 0 Å². The second-order valence-corrected chi connectivity index (χ2v) is 5.65. The summed E-state index contributed by atoms with van der Waals surface area (Å²) in [6, 6.07) is 13.0. The van der Waals surface area contributed by atoms with Gasteiger partial charge in [0, 0.05) is 18.7 Å². The summed E-state index contributed by atoms with van der Waals surface area (Å²) in [7, 11) is 1.50. The van der Waals surface area contributed by atoms with E-state index in [1.165, 1.54) is 18.2 Å². The molecule has 124 valence electrons. The van der Waals surface area contributed by atoms with Crippen molar-refractivity contribution < 1.29 is 19.1 Å². The number of fused-ring (bicyclic) bond motifs is 1. The van der Waals surface area contributed by atoms with E-state index in [9.17, 15) is 9.59 Å². The Bertz CT molecular complexity index is 757. The minimum atomic E-state index is -0.0639. The number of carbonyl (C=O) groups is 2. The zero-order valence-electron chi connectivity index (χ0n) is 13.5. The molecule has 24 heavy (non-hydrogen) atoms. The van der Waals surface area contributed by atoms with Crippen LogP contribution in [0.4, 0.5) is 0 Å². The van der Waals surface area contributed by atoms with Crippen LogP contribution < -0.4 is 9.47 Å². The second-order valence-electron chi connectivity index (χ2n) is 5.65. The predicted molar refractivity (Wildman–Crippen MR) is 89.4 cm³/mol. The van der Waals surface area contributed by atoms with Gasteiger partial charge in [-0.2, -0.15) is 0 Å². The highest BCUT2D eigenvalue weighted by Gasteiger charge is 2.21. The van der Waals surface area contributed by atoms with Crippen LogP contribution >= 0.6 is 0 Å². The van der Waals surface area contributed by atoms with Crippen LogP contribution in [0.3, 0.4) is 0 Å². The Labute approximate surface area is 140 Å². The van der Waals surface area contributed by atoms with Crippen molar-refractivity contribution in [2.75, 3.05) is 20.3 Å². The number of methoxy groups -OCH3 is 1. The fourth-order valence-corrected chi connectivity index (χ4v) is 2.82. The molecule has 2 aromatic carbocycles. The first-order valence-corrected chi connectivity index (χ1v) is 7.82. The van der Waals surface area contributed by atoms with Gasteiger partial charge in [0.05, 0.1) is 7.11 Å². The normalized spacial score (nSPS) is 13.1. The number of rotatable bonds is 5. The molecule has 0 aliphatic carbocycles. The summed E-state index contributed by atoms with van der Waals surface area (Å²) >= 11 is 0. The van der Waals surface area contributed by atoms with Crippen LogP contribution in [-0.4, -0.2) is 37.4 Å². The Hall–Kier alpha value is -2.82. The molecule has 0 N–H and O–H groups in total. The Kier molecular flexibility index (Phi) is 4.79. The van der Waals surface area contributed by atoms with Crippen LogP contribution in [0.1, 0.15) is 21.5 Å². The predicted octanol–water partition coefficient (Wildman–Crippen LogP) is 2.47. The minimum absolute atomic E-state index is 0.0566. The Morgan fingerprint density at radius 3 is 2.71 bits per heavy atom. The Balaban J connectivity index is 1.63. The summed E-state index contributed by atoms with van der Waals surface area (Å²) < 4.78 is 10.8. The summed E-state index contributed by atoms with van der Waals surface area (Å²) in [6.45, 7) is 1.25. The SMILES string of the molecule is COc1cc(C=O)ccc1OCC(=O)N1CCc2ccccc2C1. The van der Waals surface area contributed by atoms with E-state index >= 15 is 0 Å². The molecule has 0 aromatic heterocycles. The monoisotopic (exact) mass is 325 g/mol. The molecule has 0 fully saturated rings. The number of hydrogen-bond acceptors (Lipinski definition) is 4. The van der Waals surface area contributed by atoms with Crippen molar-refractivity contribution in [1.82, 2.24) is 4.90 Å². The number of aldehydes is 1. The molecule has 1 aliphatic rings. The molecule has 0 saturated heterocycles. The molecular formula is C19H19NO4. The van der Waals surface area contributed by atoms with E-state index in [1.54, 1.807) is 23.1 Å². The summed E-state index contributed by atoms with van der Waals surface area (Å²) in [5.74, 6) is 0.830. The molecule has 3 rings (SSSR count). The summed E-state index contributed by atoms with van der Waals surface area (Å²) in [5, 5.41) is 0. The van der Waals surface area contributed by atoms with Gasteiger partial charge in [-0.3, -0.25) is 9.59 Å². The number of ether oxygens (including phenoxy) is 2. The lowest BCUT2D eigenvalue weighted by Crippen LogP contribution is -2.38. The lowest BCUT2D eigenvalue weighted by Gasteiger charge is -2.28. The smallest absolute Gasteiger partial charge is 0.260 e. The van der Waals surface area contributed by atoms with Gasteiger partial charge >= 0.3 is 0 Å². The van der Waals surface area contributed by atoms with Gasteiger partial charge in [-0.25, -0.2) is 0 Å². The molecule has 0 atom stereocenters. The first-order chi connectivity index (χ1) is 11.7. The molecule has 1 heterocycles. The van der Waals surface area contributed by atoms with E-state index in [2.05, 4.69) is 12.1 Å². The second kappa shape index (κ2) is 7.17. The first kappa shape index (κ1) is 16.1. The molecule has 5 nitrogen and oxygen atoms in total. The van der Waals surface area contributed by atoms with Crippen molar-refractivity contribution >= 4 is 12.2 Å². The topological polar surface area (TPSA) is 55.8 Å². The summed E-state index contributed by atoms with van der Waals surface area (Å²) in [6.07, 6.45) is 1.60. The molecule has 2 aromatic rings. The van der Waals surface area contributed by atoms with Crippen molar-refractivity contribution in [3.05, 3.63) is 59.2 Å². The van der Waals surface area contributed by atoms with Gasteiger partial charge in [-0.1, -0.05) is 24.3 Å². The Morgan fingerprint density at radius 1 is 1.17 bits per heavy atom. The van der Waals surface area contributed by atoms with Crippen LogP contribution in [0.15, 0.2) is 42.5 Å². The number of amides is 1. The Morgan fingerprint density at radius 2 is 1.96 bits per heavy atom. The highest BCUT2D eigenvalue weighted by Crippen LogP contribution is 2.27. The van der Waals surface area contributed by atoms with E-state index in [1.807, 2.05) is 12.1 Å². The largest absolute Gasteiger partial charge is 0.493 e. The van der Waals surface area contributed by atoms with Gasteiger partial charge in [0.1, 0.15) is 6.29 Å². The molecule has 0 unspecified atom stereocenters. The maximum atomic E-state index is 12.4. The zero-order chi connectivity index (χ0) is 16.9. The highest BCUT2D eigenvalue weighted by atomic mass is 16.5. The lowest BCUT2D eigenvalue weighted by molar-refractivity contribution is -0.134. The van der Waals surface area contributed by atoms with Crippen LogP contribution in [-0.2, 0) is 17.8 Å². The molecule has 0 saturated carbocycles. The van der Waals surface area contributed by atoms with E-state index in [-0.39, 0.29) is 12.5 Å². The highest BCUT2D eigenvalue weighted by molar-refractivity contribution is 5.79. The quantitative estimate of drug-likeness (QED) is 0.793. The number of hydrogen-bond donors (Lipinski definition) is 0. The van der Waals surface area contributed by atoms with Gasteiger partial charge in [-0.05, 0) is 35.7 Å². The summed E-state index contributed by atoms with van der Waals surface area (Å²) in [4.78, 5) is 25.0. The molecule has 0 spiro atoms. The van der Waals surface area contributed by atoms with Crippen molar-refractivity contribution in [3.63, 3.8) is 0 Å². The van der Waals surface area contributed by atoms with E-state index in [0.29, 0.717) is 30.2 Å². The number of benzene rings is 2. The average molecular weight is 325 g/mol. The molecule has 5 heteroatoms. The summed E-state index contributed by atoms with van der Waals surface area (Å²) in [5.41, 5.74) is 2.98. The van der Waals surface area contributed by atoms with E-state index in [0.717, 1.165) is 12.7 Å². The van der Waals surface area contributed by atoms with Crippen molar-refractivity contribution in [2.45, 2.75) is 13.0 Å². The van der Waals surface area contributed by atoms with Crippen molar-refractivity contribution in [1.29, 1.82) is 0 Å². The van der Waals surface area contributed by atoms with Crippen molar-refractivity contribution in [3.8, 4) is 11.5 Å². The molecule has 1 aliphatic heterocycles. The van der Waals surface area contributed by atoms with E-state index < -0.39 is 0 Å². The van der Waals surface area contributed by atoms with Crippen LogP contribution in [0, 0.1) is 0 Å². The van der Waals surface area contributed by atoms with Gasteiger partial charge in [0.25, 0.3) is 5.91 Å². The van der Waals surface area contributed by atoms with Crippen molar-refractivity contribution in [2.24, 2.45) is 0 Å². The minimum Gasteiger partial charge on any atom is -0.493 e. The average Bonchev–Trinajstić information content (AvgIpc) is 2.65. The fourth-order valence-electron chi connectivity index (χ4n) is 2.82. The fraction of sp³-hybridized carbons (Fsp3) is 0.263. The number of carbonyl (C=O) groups excluding carboxylic acids is 2. The van der Waals surface area contributed by atoms with Crippen LogP contribution in [0.2, 0.25) is 0 Å². The standard InChI is InChI=1S/C19H19NO4/c1-23-18-10-14(12-21)6-7-17(18)24-13-19(22)20-9-8-15-4-2-3-5-16(15)11-20/h2-7,10,12H,8-9,11,13H2,1H3. The number of nitrogens with zero attached hydrogens (tertiary/aromatic N) is 1. The third kappa shape index (κ3) is 3.40. The van der Waals surface area contributed by atoms with E-state index in [4.69, 9.17) is 9.47 Å². The van der Waals surface area contributed by atoms with Gasteiger partial charge < -0.3 is 14.4 Å². The maximum Gasteiger partial charge on any atom is 0.260 e. The molecule has 0 bridgehead atoms. The van der Waals surface area contributed by atoms with Gasteiger partial charge in [-0.15, -0.1) is 0 Å². The zero-order valence-corrected chi connectivity index (χ0v) is 13.5. The molecule has 0 radical (unpaired) electrons. The third-order valence-corrected chi connectivity index (χ3v) is 4.16. The first-order valence-electron chi connectivity index (χ1n) is 7.82. The maximum absolute atomic E-state index is 12.4. The van der Waals surface area contributed by atoms with Crippen LogP contribution in [0.5, 0.6) is 11.5 Å². The van der Waals surface area contributed by atoms with Crippen LogP contribution in [0.25, 0.3) is 0 Å². The molecular weight excluding hydrogens is 306 g/mol. The van der Waals surface area contributed by atoms with Gasteiger partial charge in [0.15, 0.2) is 18.1 Å². The third-order valence-electron chi connectivity index (χ3n) is 4.16.